The molecule has 0 amide bonds. The molecule has 4 heterocycles. The lowest BCUT2D eigenvalue weighted by Crippen LogP contribution is -2.21. The van der Waals surface area contributed by atoms with Crippen molar-refractivity contribution >= 4 is 38.9 Å². The third-order valence-electron chi connectivity index (χ3n) is 3.99. The maximum Gasteiger partial charge on any atom is 0.417 e. The Labute approximate surface area is 155 Å². The molecule has 0 bridgehead atoms. The summed E-state index contributed by atoms with van der Waals surface area (Å²) in [7, 11) is 1.75. The highest BCUT2D eigenvalue weighted by Gasteiger charge is 2.34. The molecule has 0 aromatic carbocycles. The van der Waals surface area contributed by atoms with Crippen LogP contribution in [0.3, 0.4) is 0 Å². The van der Waals surface area contributed by atoms with Gasteiger partial charge in [0.05, 0.1) is 20.7 Å². The summed E-state index contributed by atoms with van der Waals surface area (Å²) in [4.78, 5) is 10.6. The van der Waals surface area contributed by atoms with Crippen LogP contribution < -0.4 is 0 Å². The minimum absolute atomic E-state index is 0.327. The molecular formula is C16H10F3N5S2. The van der Waals surface area contributed by atoms with Crippen LogP contribution in [0.25, 0.3) is 21.3 Å². The summed E-state index contributed by atoms with van der Waals surface area (Å²) in [6.45, 7) is 0. The Morgan fingerprint density at radius 2 is 2.08 bits per heavy atom. The molecule has 1 aliphatic heterocycles. The van der Waals surface area contributed by atoms with Gasteiger partial charge in [-0.1, -0.05) is 6.07 Å². The first-order chi connectivity index (χ1) is 12.4. The average Bonchev–Trinajstić information content (AvgIpc) is 3.14. The molecule has 0 saturated carbocycles. The van der Waals surface area contributed by atoms with Crippen LogP contribution in [0.15, 0.2) is 47.0 Å². The van der Waals surface area contributed by atoms with Gasteiger partial charge in [0.1, 0.15) is 0 Å². The standard InChI is InChI=1S/C16H10F3N5S2/c1-24-14(22-23-15(24)25)13-11(8-3-2-4-20-6-8)12-10(26-13)5-9(7-21-12)16(17,18)19/h2-7,14H,1H3. The van der Waals surface area contributed by atoms with Crippen molar-refractivity contribution in [3.8, 4) is 11.1 Å². The van der Waals surface area contributed by atoms with E-state index < -0.39 is 17.9 Å². The number of nitrogens with zero attached hydrogens (tertiary/aromatic N) is 5. The second kappa shape index (κ2) is 6.06. The number of halogens is 3. The molecule has 3 aromatic heterocycles. The van der Waals surface area contributed by atoms with Gasteiger partial charge in [-0.05, 0) is 24.4 Å². The third-order valence-corrected chi connectivity index (χ3v) is 5.52. The quantitative estimate of drug-likeness (QED) is 0.571. The van der Waals surface area contributed by atoms with Crippen molar-refractivity contribution in [1.82, 2.24) is 14.9 Å². The largest absolute Gasteiger partial charge is 0.417 e. The average molecular weight is 393 g/mol. The zero-order valence-corrected chi connectivity index (χ0v) is 14.9. The third kappa shape index (κ3) is 2.74. The van der Waals surface area contributed by atoms with Crippen molar-refractivity contribution in [2.45, 2.75) is 12.3 Å². The van der Waals surface area contributed by atoms with Crippen LogP contribution in [-0.2, 0) is 6.18 Å². The predicted molar refractivity (Wildman–Crippen MR) is 95.8 cm³/mol. The first kappa shape index (κ1) is 17.0. The number of hydrogen-bond donors (Lipinski definition) is 0. The lowest BCUT2D eigenvalue weighted by Gasteiger charge is -2.17. The van der Waals surface area contributed by atoms with Gasteiger partial charge in [-0.2, -0.15) is 18.3 Å². The summed E-state index contributed by atoms with van der Waals surface area (Å²) in [6, 6.07) is 4.71. The fourth-order valence-electron chi connectivity index (χ4n) is 2.71. The Balaban J connectivity index is 1.97. The molecule has 132 valence electrons. The van der Waals surface area contributed by atoms with E-state index >= 15 is 0 Å². The van der Waals surface area contributed by atoms with E-state index in [9.17, 15) is 13.2 Å². The van der Waals surface area contributed by atoms with Crippen LogP contribution in [-0.4, -0.2) is 27.0 Å². The number of thiocarbonyl (C=S) groups is 1. The topological polar surface area (TPSA) is 53.7 Å². The highest BCUT2D eigenvalue weighted by molar-refractivity contribution is 7.80. The summed E-state index contributed by atoms with van der Waals surface area (Å²) in [5, 5.41) is 8.41. The van der Waals surface area contributed by atoms with E-state index in [1.807, 2.05) is 6.07 Å². The van der Waals surface area contributed by atoms with Gasteiger partial charge in [0.25, 0.3) is 0 Å². The lowest BCUT2D eigenvalue weighted by atomic mass is 10.1. The molecule has 10 heteroatoms. The highest BCUT2D eigenvalue weighted by atomic mass is 32.1. The Hall–Kier alpha value is -2.46. The zero-order valence-electron chi connectivity index (χ0n) is 13.2. The fourth-order valence-corrected chi connectivity index (χ4v) is 4.16. The summed E-state index contributed by atoms with van der Waals surface area (Å²) in [6.07, 6.45) is -0.821. The number of fused-ring (bicyclic) bond motifs is 1. The molecule has 0 N–H and O–H groups in total. The molecule has 5 nitrogen and oxygen atoms in total. The Morgan fingerprint density at radius 3 is 2.69 bits per heavy atom. The van der Waals surface area contributed by atoms with Crippen LogP contribution in [0.2, 0.25) is 0 Å². The van der Waals surface area contributed by atoms with Crippen molar-refractivity contribution < 1.29 is 13.2 Å². The maximum atomic E-state index is 13.1. The SMILES string of the molecule is CN1C(=S)N=NC1c1sc2cc(C(F)(F)F)cnc2c1-c1cccnc1. The number of alkyl halides is 3. The molecule has 1 aliphatic rings. The Morgan fingerprint density at radius 1 is 1.27 bits per heavy atom. The van der Waals surface area contributed by atoms with Gasteiger partial charge in [-0.3, -0.25) is 9.97 Å². The molecule has 1 unspecified atom stereocenters. The van der Waals surface area contributed by atoms with Crippen molar-refractivity contribution in [2.24, 2.45) is 10.2 Å². The summed E-state index contributed by atoms with van der Waals surface area (Å²) >= 11 is 6.33. The molecule has 4 rings (SSSR count). The Kier molecular flexibility index (Phi) is 3.96. The second-order valence-corrected chi connectivity index (χ2v) is 7.08. The van der Waals surface area contributed by atoms with Crippen LogP contribution in [0.5, 0.6) is 0 Å². The molecule has 26 heavy (non-hydrogen) atoms. The second-order valence-electron chi connectivity index (χ2n) is 5.63. The van der Waals surface area contributed by atoms with E-state index in [0.29, 0.717) is 20.9 Å². The smallest absolute Gasteiger partial charge is 0.321 e. The monoisotopic (exact) mass is 393 g/mol. The van der Waals surface area contributed by atoms with E-state index in [1.165, 1.54) is 11.3 Å². The van der Waals surface area contributed by atoms with Crippen molar-refractivity contribution in [1.29, 1.82) is 0 Å². The fraction of sp³-hybridized carbons (Fsp3) is 0.188. The van der Waals surface area contributed by atoms with E-state index in [1.54, 1.807) is 30.4 Å². The van der Waals surface area contributed by atoms with Gasteiger partial charge >= 0.3 is 6.18 Å². The van der Waals surface area contributed by atoms with Gasteiger partial charge in [0.15, 0.2) is 6.17 Å². The van der Waals surface area contributed by atoms with Gasteiger partial charge in [0, 0.05) is 36.8 Å². The molecule has 3 aromatic rings. The van der Waals surface area contributed by atoms with E-state index in [2.05, 4.69) is 20.2 Å². The van der Waals surface area contributed by atoms with E-state index in [4.69, 9.17) is 12.2 Å². The molecule has 0 aliphatic carbocycles. The van der Waals surface area contributed by atoms with E-state index in [-0.39, 0.29) is 0 Å². The molecular weight excluding hydrogens is 383 g/mol. The number of thiophene rings is 1. The first-order valence-electron chi connectivity index (χ1n) is 7.44. The summed E-state index contributed by atoms with van der Waals surface area (Å²) in [5.41, 5.74) is 1.15. The molecule has 0 spiro atoms. The van der Waals surface area contributed by atoms with Crippen LogP contribution >= 0.6 is 23.6 Å². The van der Waals surface area contributed by atoms with Crippen LogP contribution in [0.4, 0.5) is 13.2 Å². The molecule has 0 radical (unpaired) electrons. The van der Waals surface area contributed by atoms with Gasteiger partial charge < -0.3 is 4.90 Å². The van der Waals surface area contributed by atoms with Crippen molar-refractivity contribution in [3.05, 3.63) is 47.2 Å². The predicted octanol–water partition coefficient (Wildman–Crippen LogP) is 5.06. The highest BCUT2D eigenvalue weighted by Crippen LogP contribution is 2.45. The Bertz CT molecular complexity index is 1030. The summed E-state index contributed by atoms with van der Waals surface area (Å²) < 4.78 is 39.6. The number of azo groups is 1. The van der Waals surface area contributed by atoms with Gasteiger partial charge in [-0.25, -0.2) is 0 Å². The van der Waals surface area contributed by atoms with Crippen molar-refractivity contribution in [2.75, 3.05) is 7.05 Å². The number of aromatic nitrogens is 2. The molecule has 0 fully saturated rings. The number of hydrogen-bond acceptors (Lipinski definition) is 5. The van der Waals surface area contributed by atoms with Gasteiger partial charge in [0.2, 0.25) is 5.11 Å². The maximum absolute atomic E-state index is 13.1. The van der Waals surface area contributed by atoms with Crippen molar-refractivity contribution in [3.63, 3.8) is 0 Å². The normalized spacial score (nSPS) is 17.5. The lowest BCUT2D eigenvalue weighted by molar-refractivity contribution is -0.137. The van der Waals surface area contributed by atoms with Gasteiger partial charge in [-0.15, -0.1) is 16.5 Å². The molecule has 1 atom stereocenters. The van der Waals surface area contributed by atoms with Crippen LogP contribution in [0, 0.1) is 0 Å². The number of pyridine rings is 2. The minimum Gasteiger partial charge on any atom is -0.321 e. The zero-order chi connectivity index (χ0) is 18.5. The number of rotatable bonds is 2. The van der Waals surface area contributed by atoms with Crippen LogP contribution in [0.1, 0.15) is 16.6 Å². The summed E-state index contributed by atoms with van der Waals surface area (Å²) in [5.74, 6) is 0. The first-order valence-corrected chi connectivity index (χ1v) is 8.66. The molecule has 0 saturated heterocycles. The van der Waals surface area contributed by atoms with E-state index in [0.717, 1.165) is 22.7 Å². The minimum atomic E-state index is -4.45.